The quantitative estimate of drug-likeness (QED) is 0.635. The molecule has 0 saturated heterocycles. The second kappa shape index (κ2) is 6.93. The third kappa shape index (κ3) is 3.31. The van der Waals surface area contributed by atoms with E-state index in [2.05, 4.69) is 31.5 Å². The molecule has 112 valence electrons. The Labute approximate surface area is 140 Å². The predicted octanol–water partition coefficient (Wildman–Crippen LogP) is 3.73. The molecule has 0 bridgehead atoms. The Kier molecular flexibility index (Phi) is 4.74. The standard InChI is InChI=1S/C15H13BrN4OS/c1-21-14-8-7-12(16)9-11(14)10-22-15-17-18-19-20(15)13-5-3-2-4-6-13/h2-9H,10H2,1H3. The molecule has 0 fully saturated rings. The van der Waals surface area contributed by atoms with Gasteiger partial charge in [0, 0.05) is 15.8 Å². The summed E-state index contributed by atoms with van der Waals surface area (Å²) in [5.74, 6) is 1.57. The van der Waals surface area contributed by atoms with Crippen LogP contribution < -0.4 is 4.74 Å². The number of ether oxygens (including phenoxy) is 1. The highest BCUT2D eigenvalue weighted by atomic mass is 79.9. The monoisotopic (exact) mass is 376 g/mol. The maximum absolute atomic E-state index is 5.39. The highest BCUT2D eigenvalue weighted by Crippen LogP contribution is 2.29. The first-order valence-electron chi connectivity index (χ1n) is 6.57. The summed E-state index contributed by atoms with van der Waals surface area (Å²) in [6.45, 7) is 0. The number of aromatic nitrogens is 4. The number of halogens is 1. The molecule has 7 heteroatoms. The lowest BCUT2D eigenvalue weighted by molar-refractivity contribution is 0.411. The molecule has 0 atom stereocenters. The van der Waals surface area contributed by atoms with Gasteiger partial charge in [0.05, 0.1) is 12.8 Å². The smallest absolute Gasteiger partial charge is 0.214 e. The van der Waals surface area contributed by atoms with Gasteiger partial charge < -0.3 is 4.74 Å². The number of para-hydroxylation sites is 1. The minimum absolute atomic E-state index is 0.718. The van der Waals surface area contributed by atoms with E-state index in [-0.39, 0.29) is 0 Å². The van der Waals surface area contributed by atoms with Gasteiger partial charge in [-0.05, 0) is 40.8 Å². The number of thioether (sulfide) groups is 1. The maximum atomic E-state index is 5.39. The molecule has 1 heterocycles. The molecule has 0 aliphatic carbocycles. The van der Waals surface area contributed by atoms with Crippen molar-refractivity contribution >= 4 is 27.7 Å². The van der Waals surface area contributed by atoms with Crippen LogP contribution in [-0.2, 0) is 5.75 Å². The molecular weight excluding hydrogens is 364 g/mol. The molecule has 0 saturated carbocycles. The van der Waals surface area contributed by atoms with E-state index < -0.39 is 0 Å². The van der Waals surface area contributed by atoms with E-state index in [0.29, 0.717) is 0 Å². The van der Waals surface area contributed by atoms with Crippen molar-refractivity contribution in [2.45, 2.75) is 10.9 Å². The number of hydrogen-bond donors (Lipinski definition) is 0. The van der Waals surface area contributed by atoms with Gasteiger partial charge in [0.2, 0.25) is 5.16 Å². The van der Waals surface area contributed by atoms with Crippen molar-refractivity contribution in [2.24, 2.45) is 0 Å². The van der Waals surface area contributed by atoms with Crippen molar-refractivity contribution in [3.8, 4) is 11.4 Å². The summed E-state index contributed by atoms with van der Waals surface area (Å²) < 4.78 is 8.14. The van der Waals surface area contributed by atoms with Gasteiger partial charge in [0.25, 0.3) is 0 Å². The minimum Gasteiger partial charge on any atom is -0.496 e. The SMILES string of the molecule is COc1ccc(Br)cc1CSc1nnnn1-c1ccccc1. The van der Waals surface area contributed by atoms with E-state index in [4.69, 9.17) is 4.74 Å². The first-order chi connectivity index (χ1) is 10.8. The van der Waals surface area contributed by atoms with Crippen molar-refractivity contribution in [3.05, 3.63) is 58.6 Å². The maximum Gasteiger partial charge on any atom is 0.214 e. The lowest BCUT2D eigenvalue weighted by Gasteiger charge is -2.08. The normalized spacial score (nSPS) is 10.6. The van der Waals surface area contributed by atoms with Gasteiger partial charge in [-0.25, -0.2) is 0 Å². The Hall–Kier alpha value is -1.86. The molecule has 3 rings (SSSR count). The van der Waals surface area contributed by atoms with Crippen LogP contribution in [0.4, 0.5) is 0 Å². The lowest BCUT2D eigenvalue weighted by atomic mass is 10.2. The number of methoxy groups -OCH3 is 1. The topological polar surface area (TPSA) is 52.8 Å². The molecule has 5 nitrogen and oxygen atoms in total. The Morgan fingerprint density at radius 3 is 2.77 bits per heavy atom. The van der Waals surface area contributed by atoms with Crippen LogP contribution in [0, 0.1) is 0 Å². The Morgan fingerprint density at radius 2 is 2.00 bits per heavy atom. The highest BCUT2D eigenvalue weighted by molar-refractivity contribution is 9.10. The zero-order chi connectivity index (χ0) is 15.4. The molecular formula is C15H13BrN4OS. The van der Waals surface area contributed by atoms with Gasteiger partial charge in [0.15, 0.2) is 0 Å². The Balaban J connectivity index is 1.81. The van der Waals surface area contributed by atoms with E-state index >= 15 is 0 Å². The molecule has 22 heavy (non-hydrogen) atoms. The van der Waals surface area contributed by atoms with E-state index in [0.717, 1.165) is 32.4 Å². The van der Waals surface area contributed by atoms with Crippen LogP contribution in [0.25, 0.3) is 5.69 Å². The van der Waals surface area contributed by atoms with Crippen LogP contribution in [0.2, 0.25) is 0 Å². The molecule has 0 unspecified atom stereocenters. The minimum atomic E-state index is 0.718. The number of benzene rings is 2. The van der Waals surface area contributed by atoms with Crippen LogP contribution in [0.1, 0.15) is 5.56 Å². The van der Waals surface area contributed by atoms with Gasteiger partial charge in [0.1, 0.15) is 5.75 Å². The van der Waals surface area contributed by atoms with Crippen molar-refractivity contribution in [3.63, 3.8) is 0 Å². The first kappa shape index (κ1) is 15.1. The first-order valence-corrected chi connectivity index (χ1v) is 8.35. The lowest BCUT2D eigenvalue weighted by Crippen LogP contribution is -1.99. The zero-order valence-electron chi connectivity index (χ0n) is 11.8. The largest absolute Gasteiger partial charge is 0.496 e. The van der Waals surface area contributed by atoms with Crippen molar-refractivity contribution < 1.29 is 4.74 Å². The summed E-state index contributed by atoms with van der Waals surface area (Å²) in [5.41, 5.74) is 2.03. The van der Waals surface area contributed by atoms with Gasteiger partial charge >= 0.3 is 0 Å². The average molecular weight is 377 g/mol. The molecule has 0 N–H and O–H groups in total. The van der Waals surface area contributed by atoms with Gasteiger partial charge in [-0.1, -0.05) is 45.9 Å². The predicted molar refractivity (Wildman–Crippen MR) is 89.4 cm³/mol. The summed E-state index contributed by atoms with van der Waals surface area (Å²) in [7, 11) is 1.67. The summed E-state index contributed by atoms with van der Waals surface area (Å²) >= 11 is 5.05. The van der Waals surface area contributed by atoms with E-state index in [1.54, 1.807) is 23.6 Å². The van der Waals surface area contributed by atoms with Gasteiger partial charge in [-0.15, -0.1) is 5.10 Å². The Morgan fingerprint density at radius 1 is 1.18 bits per heavy atom. The van der Waals surface area contributed by atoms with Crippen molar-refractivity contribution in [2.75, 3.05) is 7.11 Å². The molecule has 0 aliphatic rings. The molecule has 2 aromatic carbocycles. The van der Waals surface area contributed by atoms with Crippen molar-refractivity contribution in [1.82, 2.24) is 20.2 Å². The summed E-state index contributed by atoms with van der Waals surface area (Å²) in [6.07, 6.45) is 0. The van der Waals surface area contributed by atoms with Crippen LogP contribution in [0.3, 0.4) is 0 Å². The highest BCUT2D eigenvalue weighted by Gasteiger charge is 2.11. The summed E-state index contributed by atoms with van der Waals surface area (Å²) in [6, 6.07) is 15.8. The fourth-order valence-electron chi connectivity index (χ4n) is 2.00. The second-order valence-electron chi connectivity index (χ2n) is 4.45. The van der Waals surface area contributed by atoms with Crippen LogP contribution in [0.5, 0.6) is 5.75 Å². The average Bonchev–Trinajstić information content (AvgIpc) is 3.02. The summed E-state index contributed by atoms with van der Waals surface area (Å²) in [4.78, 5) is 0. The number of rotatable bonds is 5. The third-order valence-electron chi connectivity index (χ3n) is 3.04. The molecule has 0 aliphatic heterocycles. The second-order valence-corrected chi connectivity index (χ2v) is 6.31. The zero-order valence-corrected chi connectivity index (χ0v) is 14.2. The fraction of sp³-hybridized carbons (Fsp3) is 0.133. The number of tetrazole rings is 1. The number of nitrogens with zero attached hydrogens (tertiary/aromatic N) is 4. The van der Waals surface area contributed by atoms with E-state index in [9.17, 15) is 0 Å². The van der Waals surface area contributed by atoms with Crippen LogP contribution in [-0.4, -0.2) is 27.3 Å². The van der Waals surface area contributed by atoms with E-state index in [1.807, 2.05) is 48.5 Å². The molecule has 0 radical (unpaired) electrons. The molecule has 3 aromatic rings. The Bertz CT molecular complexity index is 763. The van der Waals surface area contributed by atoms with Crippen LogP contribution in [0.15, 0.2) is 58.2 Å². The molecule has 0 amide bonds. The van der Waals surface area contributed by atoms with Gasteiger partial charge in [-0.2, -0.15) is 4.68 Å². The van der Waals surface area contributed by atoms with E-state index in [1.165, 1.54) is 0 Å². The van der Waals surface area contributed by atoms with Crippen molar-refractivity contribution in [1.29, 1.82) is 0 Å². The van der Waals surface area contributed by atoms with Gasteiger partial charge in [-0.3, -0.25) is 0 Å². The third-order valence-corrected chi connectivity index (χ3v) is 4.50. The molecule has 1 aromatic heterocycles. The van der Waals surface area contributed by atoms with Crippen LogP contribution >= 0.6 is 27.7 Å². The summed E-state index contributed by atoms with van der Waals surface area (Å²) in [5, 5.41) is 12.7. The fourth-order valence-corrected chi connectivity index (χ4v) is 3.28. The number of hydrogen-bond acceptors (Lipinski definition) is 5. The molecule has 0 spiro atoms.